The Balaban J connectivity index is 2.16. The highest BCUT2D eigenvalue weighted by Crippen LogP contribution is 2.27. The lowest BCUT2D eigenvalue weighted by atomic mass is 10.1. The van der Waals surface area contributed by atoms with Crippen LogP contribution in [0.15, 0.2) is 42.5 Å². The number of hydrogen-bond donors (Lipinski definition) is 1. The second-order valence-corrected chi connectivity index (χ2v) is 8.25. The molecule has 0 radical (unpaired) electrons. The van der Waals surface area contributed by atoms with E-state index in [1.807, 2.05) is 30.3 Å². The van der Waals surface area contributed by atoms with E-state index in [1.54, 1.807) is 21.1 Å². The van der Waals surface area contributed by atoms with Crippen LogP contribution >= 0.6 is 12.2 Å². The van der Waals surface area contributed by atoms with Crippen LogP contribution < -0.4 is 5.32 Å². The highest BCUT2D eigenvalue weighted by molar-refractivity contribution is 7.80. The Bertz CT molecular complexity index is 789. The molecule has 1 aliphatic heterocycles. The van der Waals surface area contributed by atoms with Crippen LogP contribution in [0.1, 0.15) is 31.7 Å². The summed E-state index contributed by atoms with van der Waals surface area (Å²) in [5.41, 5.74) is 1.08. The van der Waals surface area contributed by atoms with Crippen LogP contribution in [0.25, 0.3) is 0 Å². The van der Waals surface area contributed by atoms with Crippen molar-refractivity contribution < 1.29 is 28.5 Å². The molecular formula is C24H34N2O6S. The third kappa shape index (κ3) is 8.10. The Morgan fingerprint density at radius 1 is 1.12 bits per heavy atom. The van der Waals surface area contributed by atoms with Gasteiger partial charge in [-0.2, -0.15) is 0 Å². The van der Waals surface area contributed by atoms with E-state index in [2.05, 4.69) is 16.8 Å². The van der Waals surface area contributed by atoms with Crippen LogP contribution in [-0.4, -0.2) is 74.1 Å². The third-order valence-electron chi connectivity index (χ3n) is 5.41. The van der Waals surface area contributed by atoms with E-state index in [1.165, 1.54) is 0 Å². The van der Waals surface area contributed by atoms with E-state index in [4.69, 9.17) is 31.2 Å². The van der Waals surface area contributed by atoms with Crippen molar-refractivity contribution in [1.29, 1.82) is 0 Å². The van der Waals surface area contributed by atoms with Crippen molar-refractivity contribution in [2.45, 2.75) is 50.9 Å². The smallest absolute Gasteiger partial charge is 0.408 e. The van der Waals surface area contributed by atoms with Crippen LogP contribution in [0, 0.1) is 0 Å². The first-order valence-electron chi connectivity index (χ1n) is 11.0. The molecule has 1 N–H and O–H groups in total. The van der Waals surface area contributed by atoms with Gasteiger partial charge in [0.05, 0.1) is 37.9 Å². The van der Waals surface area contributed by atoms with Crippen LogP contribution in [0.2, 0.25) is 0 Å². The summed E-state index contributed by atoms with van der Waals surface area (Å²) in [6.07, 6.45) is 1.24. The van der Waals surface area contributed by atoms with Gasteiger partial charge in [-0.25, -0.2) is 9.59 Å². The van der Waals surface area contributed by atoms with Crippen molar-refractivity contribution in [1.82, 2.24) is 10.2 Å². The number of rotatable bonds is 12. The topological polar surface area (TPSA) is 86.3 Å². The second-order valence-electron chi connectivity index (χ2n) is 7.83. The SMILES string of the molecule is C=C(C[C@H](NC(=O)OCc1ccccc1)C(=S)N1[C@H](COC)CC[C@H]1COC)C(=O)OCC. The molecule has 9 heteroatoms. The van der Waals surface area contributed by atoms with Crippen molar-refractivity contribution in [3.05, 3.63) is 48.0 Å². The van der Waals surface area contributed by atoms with Gasteiger partial charge in [0.2, 0.25) is 0 Å². The Morgan fingerprint density at radius 2 is 1.73 bits per heavy atom. The van der Waals surface area contributed by atoms with Crippen molar-refractivity contribution in [3.63, 3.8) is 0 Å². The molecule has 3 atom stereocenters. The predicted molar refractivity (Wildman–Crippen MR) is 129 cm³/mol. The Hall–Kier alpha value is -2.49. The Morgan fingerprint density at radius 3 is 2.27 bits per heavy atom. The lowest BCUT2D eigenvalue weighted by Gasteiger charge is -2.36. The number of carbonyl (C=O) groups excluding carboxylic acids is 2. The van der Waals surface area contributed by atoms with Crippen LogP contribution in [0.4, 0.5) is 4.79 Å². The second kappa shape index (κ2) is 13.9. The average Bonchev–Trinajstić information content (AvgIpc) is 3.20. The van der Waals surface area contributed by atoms with Gasteiger partial charge in [-0.15, -0.1) is 0 Å². The first kappa shape index (κ1) is 26.8. The molecule has 0 bridgehead atoms. The van der Waals surface area contributed by atoms with Gasteiger partial charge in [-0.05, 0) is 25.3 Å². The number of esters is 1. The molecule has 0 aromatic heterocycles. The van der Waals surface area contributed by atoms with Gasteiger partial charge in [0.15, 0.2) is 0 Å². The van der Waals surface area contributed by atoms with E-state index in [0.29, 0.717) is 18.2 Å². The van der Waals surface area contributed by atoms with Crippen LogP contribution in [0.5, 0.6) is 0 Å². The zero-order valence-corrected chi connectivity index (χ0v) is 20.4. The van der Waals surface area contributed by atoms with E-state index in [0.717, 1.165) is 18.4 Å². The highest BCUT2D eigenvalue weighted by atomic mass is 32.1. The van der Waals surface area contributed by atoms with Gasteiger partial charge in [0, 0.05) is 26.2 Å². The number of benzene rings is 1. The minimum absolute atomic E-state index is 0.0446. The lowest BCUT2D eigenvalue weighted by Crippen LogP contribution is -2.53. The van der Waals surface area contributed by atoms with Gasteiger partial charge in [-0.3, -0.25) is 0 Å². The molecule has 8 nitrogen and oxygen atoms in total. The third-order valence-corrected chi connectivity index (χ3v) is 5.91. The van der Waals surface area contributed by atoms with Crippen molar-refractivity contribution in [2.24, 2.45) is 0 Å². The van der Waals surface area contributed by atoms with E-state index in [9.17, 15) is 9.59 Å². The fourth-order valence-electron chi connectivity index (χ4n) is 3.88. The Labute approximate surface area is 201 Å². The summed E-state index contributed by atoms with van der Waals surface area (Å²) in [7, 11) is 3.29. The maximum Gasteiger partial charge on any atom is 0.408 e. The minimum atomic E-state index is -0.683. The number of ether oxygens (including phenoxy) is 4. The standard InChI is InChI=1S/C24H34N2O6S/c1-5-31-23(27)17(2)13-21(25-24(28)32-14-18-9-7-6-8-10-18)22(33)26-19(15-29-3)11-12-20(26)16-30-4/h6-10,19-21H,2,5,11-16H2,1,3-4H3,(H,25,28)/t19-,20-,21-/m0/s1. The van der Waals surface area contributed by atoms with Gasteiger partial charge in [0.1, 0.15) is 11.6 Å². The molecule has 1 fully saturated rings. The summed E-state index contributed by atoms with van der Waals surface area (Å²) in [6.45, 7) is 6.90. The molecule has 1 aromatic carbocycles. The fourth-order valence-corrected chi connectivity index (χ4v) is 4.32. The zero-order chi connectivity index (χ0) is 24.2. The zero-order valence-electron chi connectivity index (χ0n) is 19.6. The molecule has 1 amide bonds. The minimum Gasteiger partial charge on any atom is -0.463 e. The van der Waals surface area contributed by atoms with Gasteiger partial charge >= 0.3 is 12.1 Å². The molecule has 0 aliphatic carbocycles. The number of alkyl carbamates (subject to hydrolysis) is 1. The van der Waals surface area contributed by atoms with E-state index in [-0.39, 0.29) is 37.3 Å². The van der Waals surface area contributed by atoms with Gasteiger partial charge in [0.25, 0.3) is 0 Å². The van der Waals surface area contributed by atoms with Crippen molar-refractivity contribution in [3.8, 4) is 0 Å². The molecule has 1 aliphatic rings. The fraction of sp³-hybridized carbons (Fsp3) is 0.542. The van der Waals surface area contributed by atoms with E-state index < -0.39 is 18.1 Å². The number of methoxy groups -OCH3 is 2. The Kier molecular flexibility index (Phi) is 11.3. The molecule has 0 saturated carbocycles. The predicted octanol–water partition coefficient (Wildman–Crippen LogP) is 3.24. The monoisotopic (exact) mass is 478 g/mol. The van der Waals surface area contributed by atoms with Crippen LogP contribution in [-0.2, 0) is 30.3 Å². The molecule has 0 spiro atoms. The number of likely N-dealkylation sites (tertiary alicyclic amines) is 1. The normalized spacial score (nSPS) is 18.5. The number of carbonyl (C=O) groups is 2. The van der Waals surface area contributed by atoms with Crippen LogP contribution in [0.3, 0.4) is 0 Å². The largest absolute Gasteiger partial charge is 0.463 e. The molecule has 1 saturated heterocycles. The molecule has 182 valence electrons. The highest BCUT2D eigenvalue weighted by Gasteiger charge is 2.38. The first-order valence-corrected chi connectivity index (χ1v) is 11.4. The number of hydrogen-bond acceptors (Lipinski definition) is 7. The number of amides is 1. The summed E-state index contributed by atoms with van der Waals surface area (Å²) in [5.74, 6) is -0.520. The van der Waals surface area contributed by atoms with E-state index >= 15 is 0 Å². The number of nitrogens with one attached hydrogen (secondary N) is 1. The molecule has 2 rings (SSSR count). The summed E-state index contributed by atoms with van der Waals surface area (Å²) in [6, 6.07) is 8.78. The average molecular weight is 479 g/mol. The number of nitrogens with zero attached hydrogens (tertiary/aromatic N) is 1. The van der Waals surface area contributed by atoms with Crippen molar-refractivity contribution in [2.75, 3.05) is 34.0 Å². The summed E-state index contributed by atoms with van der Waals surface area (Å²) < 4.78 is 21.2. The molecular weight excluding hydrogens is 444 g/mol. The molecule has 1 aromatic rings. The molecule has 0 unspecified atom stereocenters. The maximum atomic E-state index is 12.6. The lowest BCUT2D eigenvalue weighted by molar-refractivity contribution is -0.138. The maximum absolute atomic E-state index is 12.6. The van der Waals surface area contributed by atoms with Gasteiger partial charge in [-0.1, -0.05) is 49.1 Å². The molecule has 33 heavy (non-hydrogen) atoms. The number of thiocarbonyl (C=S) groups is 1. The summed E-state index contributed by atoms with van der Waals surface area (Å²) in [4.78, 5) is 27.4. The molecule has 1 heterocycles. The van der Waals surface area contributed by atoms with Gasteiger partial charge < -0.3 is 29.2 Å². The summed E-state index contributed by atoms with van der Waals surface area (Å²) >= 11 is 5.83. The summed E-state index contributed by atoms with van der Waals surface area (Å²) in [5, 5.41) is 2.82. The quantitative estimate of drug-likeness (QED) is 0.278. The first-order chi connectivity index (χ1) is 15.9. The van der Waals surface area contributed by atoms with Crippen molar-refractivity contribution >= 4 is 29.3 Å².